The fraction of sp³-hybridized carbons (Fsp3) is 0.222. The second kappa shape index (κ2) is 4.88. The van der Waals surface area contributed by atoms with Gasteiger partial charge >= 0.3 is 6.03 Å². The van der Waals surface area contributed by atoms with Gasteiger partial charge in [-0.2, -0.15) is 0 Å². The monoisotopic (exact) mass is 289 g/mol. The molecule has 0 spiro atoms. The van der Waals surface area contributed by atoms with E-state index in [1.54, 1.807) is 6.20 Å². The molecule has 0 bridgehead atoms. The summed E-state index contributed by atoms with van der Waals surface area (Å²) in [5, 5.41) is 5.93. The number of hydrogen-bond acceptors (Lipinski definition) is 2. The molecular formula is C18H15N3O. The molecule has 1 fully saturated rings. The van der Waals surface area contributed by atoms with Crippen molar-refractivity contribution in [2.24, 2.45) is 5.92 Å². The van der Waals surface area contributed by atoms with Gasteiger partial charge in [0.05, 0.1) is 0 Å². The fourth-order valence-corrected chi connectivity index (χ4v) is 2.97. The Balaban J connectivity index is 1.85. The first kappa shape index (κ1) is 12.9. The number of benzene rings is 1. The largest absolute Gasteiger partial charge is 0.320 e. The molecule has 1 aliphatic carbocycles. The Morgan fingerprint density at radius 1 is 1.14 bits per heavy atom. The van der Waals surface area contributed by atoms with E-state index in [0.29, 0.717) is 11.6 Å². The van der Waals surface area contributed by atoms with Crippen LogP contribution in [0.25, 0.3) is 0 Å². The van der Waals surface area contributed by atoms with Crippen molar-refractivity contribution >= 4 is 11.7 Å². The molecule has 2 heterocycles. The summed E-state index contributed by atoms with van der Waals surface area (Å²) in [6.45, 7) is 0. The average Bonchev–Trinajstić information content (AvgIpc) is 3.39. The van der Waals surface area contributed by atoms with Crippen LogP contribution >= 0.6 is 0 Å². The number of nitrogens with zero attached hydrogens (tertiary/aromatic N) is 1. The van der Waals surface area contributed by atoms with Crippen molar-refractivity contribution in [3.63, 3.8) is 0 Å². The van der Waals surface area contributed by atoms with E-state index in [0.717, 1.165) is 24.1 Å². The highest BCUT2D eigenvalue weighted by atomic mass is 16.2. The summed E-state index contributed by atoms with van der Waals surface area (Å²) in [5.74, 6) is 6.81. The molecule has 2 N–H and O–H groups in total. The summed E-state index contributed by atoms with van der Waals surface area (Å²) in [6, 6.07) is 13.3. The summed E-state index contributed by atoms with van der Waals surface area (Å²) >= 11 is 0. The fourth-order valence-electron chi connectivity index (χ4n) is 2.97. The number of urea groups is 1. The lowest BCUT2D eigenvalue weighted by Gasteiger charge is -2.36. The van der Waals surface area contributed by atoms with Crippen LogP contribution in [0.15, 0.2) is 48.7 Å². The van der Waals surface area contributed by atoms with Crippen molar-refractivity contribution < 1.29 is 4.79 Å². The predicted molar refractivity (Wildman–Crippen MR) is 84.1 cm³/mol. The molecule has 2 amide bonds. The molecular weight excluding hydrogens is 274 g/mol. The highest BCUT2D eigenvalue weighted by Gasteiger charge is 2.49. The molecule has 0 unspecified atom stereocenters. The van der Waals surface area contributed by atoms with Gasteiger partial charge in [-0.15, -0.1) is 0 Å². The van der Waals surface area contributed by atoms with Crippen molar-refractivity contribution in [3.8, 4) is 11.8 Å². The standard InChI is InChI=1S/C18H15N3O/c22-17-20-16-7-2-1-6-15(16)18(21-17,13-8-9-13)11-10-14-5-3-4-12-19-14/h1-7,12-13H,8-9H2,(H2,20,21,22)/t18-/m1/s1. The number of nitrogens with one attached hydrogen (secondary N) is 2. The number of fused-ring (bicyclic) bond motifs is 1. The predicted octanol–water partition coefficient (Wildman–Crippen LogP) is 2.87. The molecule has 0 radical (unpaired) electrons. The third-order valence-corrected chi connectivity index (χ3v) is 4.15. The maximum atomic E-state index is 12.1. The Bertz CT molecular complexity index is 787. The van der Waals surface area contributed by atoms with E-state index in [1.165, 1.54) is 0 Å². The minimum atomic E-state index is -0.615. The van der Waals surface area contributed by atoms with Crippen LogP contribution in [0.4, 0.5) is 10.5 Å². The highest BCUT2D eigenvalue weighted by Crippen LogP contribution is 2.48. The highest BCUT2D eigenvalue weighted by molar-refractivity contribution is 5.94. The molecule has 1 aliphatic heterocycles. The van der Waals surface area contributed by atoms with Crippen molar-refractivity contribution in [1.82, 2.24) is 10.3 Å². The molecule has 1 atom stereocenters. The Labute approximate surface area is 129 Å². The van der Waals surface area contributed by atoms with Gasteiger partial charge in [0.25, 0.3) is 0 Å². The van der Waals surface area contributed by atoms with E-state index in [4.69, 9.17) is 0 Å². The molecule has 4 rings (SSSR count). The van der Waals surface area contributed by atoms with Gasteiger partial charge in [0.15, 0.2) is 0 Å². The average molecular weight is 289 g/mol. The molecule has 22 heavy (non-hydrogen) atoms. The quantitative estimate of drug-likeness (QED) is 0.793. The zero-order valence-electron chi connectivity index (χ0n) is 12.0. The van der Waals surface area contributed by atoms with Gasteiger partial charge in [0.1, 0.15) is 11.2 Å². The van der Waals surface area contributed by atoms with Crippen LogP contribution in [0.1, 0.15) is 24.1 Å². The molecule has 4 nitrogen and oxygen atoms in total. The number of rotatable bonds is 1. The number of pyridine rings is 1. The number of para-hydroxylation sites is 1. The maximum absolute atomic E-state index is 12.1. The second-order valence-corrected chi connectivity index (χ2v) is 5.67. The Morgan fingerprint density at radius 3 is 2.73 bits per heavy atom. The molecule has 1 saturated carbocycles. The van der Waals surface area contributed by atoms with E-state index >= 15 is 0 Å². The zero-order valence-corrected chi connectivity index (χ0v) is 12.0. The SMILES string of the molecule is O=C1Nc2ccccc2[C@@](C#Cc2ccccn2)(C2CC2)N1. The lowest BCUT2D eigenvalue weighted by molar-refractivity contribution is 0.238. The molecule has 108 valence electrons. The lowest BCUT2D eigenvalue weighted by atomic mass is 9.83. The van der Waals surface area contributed by atoms with E-state index < -0.39 is 5.54 Å². The first-order chi connectivity index (χ1) is 10.8. The minimum Gasteiger partial charge on any atom is -0.317 e. The van der Waals surface area contributed by atoms with Crippen LogP contribution in [-0.2, 0) is 5.54 Å². The van der Waals surface area contributed by atoms with E-state index in [1.807, 2.05) is 42.5 Å². The number of anilines is 1. The number of aromatic nitrogens is 1. The lowest BCUT2D eigenvalue weighted by Crippen LogP contribution is -2.52. The molecule has 0 saturated heterocycles. The van der Waals surface area contributed by atoms with Gasteiger partial charge < -0.3 is 10.6 Å². The number of amides is 2. The normalized spacial score (nSPS) is 22.6. The third kappa shape index (κ3) is 2.11. The molecule has 1 aromatic heterocycles. The van der Waals surface area contributed by atoms with Crippen molar-refractivity contribution in [2.45, 2.75) is 18.4 Å². The summed E-state index contributed by atoms with van der Waals surface area (Å²) in [6.07, 6.45) is 3.87. The molecule has 4 heteroatoms. The molecule has 2 aromatic rings. The van der Waals surface area contributed by atoms with Gasteiger partial charge in [-0.25, -0.2) is 9.78 Å². The second-order valence-electron chi connectivity index (χ2n) is 5.67. The van der Waals surface area contributed by atoms with Crippen LogP contribution in [-0.4, -0.2) is 11.0 Å². The van der Waals surface area contributed by atoms with Crippen molar-refractivity contribution in [2.75, 3.05) is 5.32 Å². The van der Waals surface area contributed by atoms with Gasteiger partial charge in [-0.1, -0.05) is 30.2 Å². The van der Waals surface area contributed by atoms with Gasteiger partial charge in [0, 0.05) is 17.4 Å². The molecule has 2 aliphatic rings. The van der Waals surface area contributed by atoms with Gasteiger partial charge in [-0.3, -0.25) is 0 Å². The van der Waals surface area contributed by atoms with Crippen LogP contribution in [0, 0.1) is 17.8 Å². The van der Waals surface area contributed by atoms with E-state index in [2.05, 4.69) is 27.5 Å². The van der Waals surface area contributed by atoms with Crippen molar-refractivity contribution in [3.05, 3.63) is 59.9 Å². The first-order valence-corrected chi connectivity index (χ1v) is 7.41. The van der Waals surface area contributed by atoms with Crippen LogP contribution in [0.2, 0.25) is 0 Å². The topological polar surface area (TPSA) is 54.0 Å². The van der Waals surface area contributed by atoms with Crippen LogP contribution in [0.5, 0.6) is 0 Å². The third-order valence-electron chi connectivity index (χ3n) is 4.15. The Morgan fingerprint density at radius 2 is 1.95 bits per heavy atom. The minimum absolute atomic E-state index is 0.194. The summed E-state index contributed by atoms with van der Waals surface area (Å²) < 4.78 is 0. The maximum Gasteiger partial charge on any atom is 0.320 e. The van der Waals surface area contributed by atoms with Gasteiger partial charge in [0.2, 0.25) is 0 Å². The number of carbonyl (C=O) groups excluding carboxylic acids is 1. The van der Waals surface area contributed by atoms with E-state index in [-0.39, 0.29) is 6.03 Å². The van der Waals surface area contributed by atoms with Gasteiger partial charge in [-0.05, 0) is 42.9 Å². The van der Waals surface area contributed by atoms with Crippen LogP contribution in [0.3, 0.4) is 0 Å². The number of hydrogen-bond donors (Lipinski definition) is 2. The first-order valence-electron chi connectivity index (χ1n) is 7.41. The smallest absolute Gasteiger partial charge is 0.317 e. The Kier molecular flexibility index (Phi) is 2.87. The van der Waals surface area contributed by atoms with E-state index in [9.17, 15) is 4.79 Å². The van der Waals surface area contributed by atoms with Crippen LogP contribution < -0.4 is 10.6 Å². The molecule has 1 aromatic carbocycles. The zero-order chi connectivity index (χ0) is 15.0. The summed E-state index contributed by atoms with van der Waals surface area (Å²) in [5.41, 5.74) is 1.98. The van der Waals surface area contributed by atoms with Crippen molar-refractivity contribution in [1.29, 1.82) is 0 Å². The number of carbonyl (C=O) groups is 1. The Hall–Kier alpha value is -2.80. The summed E-state index contributed by atoms with van der Waals surface area (Å²) in [7, 11) is 0. The summed E-state index contributed by atoms with van der Waals surface area (Å²) in [4.78, 5) is 16.3.